The molecule has 2 rings (SSSR count). The first-order chi connectivity index (χ1) is 6.00. The lowest BCUT2D eigenvalue weighted by atomic mass is 9.87. The first-order valence-electron chi connectivity index (χ1n) is 4.89. The van der Waals surface area contributed by atoms with Crippen LogP contribution in [0.15, 0.2) is 18.2 Å². The van der Waals surface area contributed by atoms with Gasteiger partial charge in [0.2, 0.25) is 0 Å². The lowest BCUT2D eigenvalue weighted by molar-refractivity contribution is 0.503. The molecule has 0 saturated heterocycles. The van der Waals surface area contributed by atoms with E-state index in [9.17, 15) is 0 Å². The fourth-order valence-electron chi connectivity index (χ4n) is 2.00. The van der Waals surface area contributed by atoms with E-state index >= 15 is 0 Å². The maximum atomic E-state index is 3.56. The van der Waals surface area contributed by atoms with Crippen molar-refractivity contribution in [2.75, 3.05) is 5.32 Å². The number of fused-ring (bicyclic) bond motifs is 1. The van der Waals surface area contributed by atoms with Crippen LogP contribution in [0.25, 0.3) is 0 Å². The molecule has 0 radical (unpaired) electrons. The van der Waals surface area contributed by atoms with Crippen LogP contribution in [0, 0.1) is 6.92 Å². The molecular formula is C12H17N. The largest absolute Gasteiger partial charge is 0.379 e. The zero-order chi connectivity index (χ0) is 9.64. The van der Waals surface area contributed by atoms with Crippen LogP contribution >= 0.6 is 0 Å². The van der Waals surface area contributed by atoms with Gasteiger partial charge in [-0.15, -0.1) is 0 Å². The molecule has 0 saturated carbocycles. The van der Waals surface area contributed by atoms with Crippen LogP contribution in [0.3, 0.4) is 0 Å². The van der Waals surface area contributed by atoms with Crippen molar-refractivity contribution in [3.8, 4) is 0 Å². The highest BCUT2D eigenvalue weighted by Crippen LogP contribution is 2.42. The number of aryl methyl sites for hydroxylation is 1. The third-order valence-electron chi connectivity index (χ3n) is 3.21. The average Bonchev–Trinajstić information content (AvgIpc) is 2.22. The normalized spacial score (nSPS) is 23.8. The third kappa shape index (κ3) is 1.23. The SMILES string of the molecule is Cc1ccc2c(c1)NC(C)(C)C2C. The fourth-order valence-corrected chi connectivity index (χ4v) is 2.00. The Morgan fingerprint density at radius 3 is 2.69 bits per heavy atom. The predicted molar refractivity (Wildman–Crippen MR) is 57.3 cm³/mol. The molecule has 1 nitrogen and oxygen atoms in total. The number of anilines is 1. The van der Waals surface area contributed by atoms with E-state index in [0.717, 1.165) is 0 Å². The highest BCUT2D eigenvalue weighted by molar-refractivity contribution is 5.62. The number of nitrogens with one attached hydrogen (secondary N) is 1. The van der Waals surface area contributed by atoms with Crippen molar-refractivity contribution in [1.29, 1.82) is 0 Å². The average molecular weight is 175 g/mol. The van der Waals surface area contributed by atoms with Crippen molar-refractivity contribution < 1.29 is 0 Å². The molecule has 0 amide bonds. The van der Waals surface area contributed by atoms with Crippen LogP contribution in [0.4, 0.5) is 5.69 Å². The zero-order valence-electron chi connectivity index (χ0n) is 8.81. The summed E-state index contributed by atoms with van der Waals surface area (Å²) in [6.07, 6.45) is 0. The summed E-state index contributed by atoms with van der Waals surface area (Å²) in [5, 5.41) is 3.56. The molecule has 13 heavy (non-hydrogen) atoms. The first kappa shape index (κ1) is 8.61. The second-order valence-corrected chi connectivity index (χ2v) is 4.66. The van der Waals surface area contributed by atoms with Crippen molar-refractivity contribution in [3.63, 3.8) is 0 Å². The van der Waals surface area contributed by atoms with Crippen molar-refractivity contribution in [2.45, 2.75) is 39.2 Å². The Morgan fingerprint density at radius 1 is 1.31 bits per heavy atom. The minimum absolute atomic E-state index is 0.204. The Labute approximate surface area is 80.2 Å². The molecular weight excluding hydrogens is 158 g/mol. The van der Waals surface area contributed by atoms with Gasteiger partial charge in [0.25, 0.3) is 0 Å². The van der Waals surface area contributed by atoms with E-state index in [1.165, 1.54) is 16.8 Å². The van der Waals surface area contributed by atoms with Gasteiger partial charge in [0, 0.05) is 17.1 Å². The third-order valence-corrected chi connectivity index (χ3v) is 3.21. The number of hydrogen-bond donors (Lipinski definition) is 1. The molecule has 0 aromatic heterocycles. The summed E-state index contributed by atoms with van der Waals surface area (Å²) in [4.78, 5) is 0. The van der Waals surface area contributed by atoms with Gasteiger partial charge in [0.05, 0.1) is 0 Å². The van der Waals surface area contributed by atoms with Crippen LogP contribution in [0.5, 0.6) is 0 Å². The van der Waals surface area contributed by atoms with Gasteiger partial charge in [0.1, 0.15) is 0 Å². The maximum Gasteiger partial charge on any atom is 0.0384 e. The van der Waals surface area contributed by atoms with Crippen molar-refractivity contribution in [3.05, 3.63) is 29.3 Å². The van der Waals surface area contributed by atoms with Crippen LogP contribution in [-0.2, 0) is 0 Å². The summed E-state index contributed by atoms with van der Waals surface area (Å²) in [6, 6.07) is 6.68. The molecule has 70 valence electrons. The van der Waals surface area contributed by atoms with Crippen LogP contribution in [-0.4, -0.2) is 5.54 Å². The van der Waals surface area contributed by atoms with E-state index in [2.05, 4.69) is 51.2 Å². The number of benzene rings is 1. The van der Waals surface area contributed by atoms with Gasteiger partial charge in [0.15, 0.2) is 0 Å². The Kier molecular flexibility index (Phi) is 1.66. The van der Waals surface area contributed by atoms with E-state index in [-0.39, 0.29) is 5.54 Å². The second-order valence-electron chi connectivity index (χ2n) is 4.66. The van der Waals surface area contributed by atoms with E-state index in [4.69, 9.17) is 0 Å². The zero-order valence-corrected chi connectivity index (χ0v) is 8.81. The summed E-state index contributed by atoms with van der Waals surface area (Å²) in [6.45, 7) is 8.94. The highest BCUT2D eigenvalue weighted by Gasteiger charge is 2.34. The lowest BCUT2D eigenvalue weighted by Gasteiger charge is -2.24. The van der Waals surface area contributed by atoms with E-state index in [0.29, 0.717) is 5.92 Å². The Hall–Kier alpha value is -0.980. The van der Waals surface area contributed by atoms with E-state index < -0.39 is 0 Å². The monoisotopic (exact) mass is 175 g/mol. The molecule has 0 bridgehead atoms. The maximum absolute atomic E-state index is 3.56. The summed E-state index contributed by atoms with van der Waals surface area (Å²) >= 11 is 0. The molecule has 1 N–H and O–H groups in total. The summed E-state index contributed by atoms with van der Waals surface area (Å²) in [5.74, 6) is 0.600. The molecule has 0 spiro atoms. The number of rotatable bonds is 0. The molecule has 1 aromatic rings. The molecule has 1 heterocycles. The van der Waals surface area contributed by atoms with Gasteiger partial charge in [-0.05, 0) is 38.0 Å². The molecule has 1 aliphatic rings. The van der Waals surface area contributed by atoms with E-state index in [1.807, 2.05) is 0 Å². The summed E-state index contributed by atoms with van der Waals surface area (Å²) in [7, 11) is 0. The van der Waals surface area contributed by atoms with E-state index in [1.54, 1.807) is 0 Å². The fraction of sp³-hybridized carbons (Fsp3) is 0.500. The molecule has 0 aliphatic carbocycles. The summed E-state index contributed by atoms with van der Waals surface area (Å²) < 4.78 is 0. The topological polar surface area (TPSA) is 12.0 Å². The molecule has 1 aliphatic heterocycles. The lowest BCUT2D eigenvalue weighted by Crippen LogP contribution is -2.30. The van der Waals surface area contributed by atoms with Crippen LogP contribution in [0.1, 0.15) is 37.8 Å². The van der Waals surface area contributed by atoms with Crippen LogP contribution < -0.4 is 5.32 Å². The van der Waals surface area contributed by atoms with Crippen molar-refractivity contribution in [1.82, 2.24) is 0 Å². The van der Waals surface area contributed by atoms with Crippen molar-refractivity contribution >= 4 is 5.69 Å². The van der Waals surface area contributed by atoms with Gasteiger partial charge in [-0.3, -0.25) is 0 Å². The second kappa shape index (κ2) is 2.50. The molecule has 0 fully saturated rings. The van der Waals surface area contributed by atoms with Gasteiger partial charge < -0.3 is 5.32 Å². The minimum Gasteiger partial charge on any atom is -0.379 e. The highest BCUT2D eigenvalue weighted by atomic mass is 15.0. The Morgan fingerprint density at radius 2 is 2.00 bits per heavy atom. The van der Waals surface area contributed by atoms with Crippen LogP contribution in [0.2, 0.25) is 0 Å². The van der Waals surface area contributed by atoms with Gasteiger partial charge in [-0.2, -0.15) is 0 Å². The van der Waals surface area contributed by atoms with Crippen molar-refractivity contribution in [2.24, 2.45) is 0 Å². The predicted octanol–water partition coefficient (Wildman–Crippen LogP) is 3.30. The molecule has 1 aromatic carbocycles. The Bertz CT molecular complexity index is 339. The molecule has 1 atom stereocenters. The summed E-state index contributed by atoms with van der Waals surface area (Å²) in [5.41, 5.74) is 4.31. The van der Waals surface area contributed by atoms with Gasteiger partial charge in [-0.1, -0.05) is 19.1 Å². The minimum atomic E-state index is 0.204. The van der Waals surface area contributed by atoms with Gasteiger partial charge >= 0.3 is 0 Å². The van der Waals surface area contributed by atoms with Gasteiger partial charge in [-0.25, -0.2) is 0 Å². The molecule has 1 unspecified atom stereocenters. The molecule has 1 heteroatoms. The quantitative estimate of drug-likeness (QED) is 0.638. The number of hydrogen-bond acceptors (Lipinski definition) is 1. The first-order valence-corrected chi connectivity index (χ1v) is 4.89. The standard InChI is InChI=1S/C12H17N/c1-8-5-6-10-9(2)12(3,4)13-11(10)7-8/h5-7,9,13H,1-4H3. The Balaban J connectivity index is 2.50. The smallest absolute Gasteiger partial charge is 0.0384 e.